The molecule has 0 aliphatic rings. The minimum atomic E-state index is -0.643. The van der Waals surface area contributed by atoms with Crippen molar-refractivity contribution in [2.75, 3.05) is 0 Å². The standard InChI is InChI=1S/C17H16O3/c1-10-4-6-13(7-5-10)12(3)14-9-16(19)17(20)15(18)8-11(14)2/h4-9H,3H2,1-2H3,(H2,18,19,20). The van der Waals surface area contributed by atoms with Crippen molar-refractivity contribution in [2.45, 2.75) is 13.8 Å². The Labute approximate surface area is 117 Å². The van der Waals surface area contributed by atoms with Gasteiger partial charge in [0, 0.05) is 0 Å². The highest BCUT2D eigenvalue weighted by molar-refractivity contribution is 5.80. The SMILES string of the molecule is C=C(c1ccc(C)cc1)c1cc(O)c(O)c(=O)cc1C. The Balaban J connectivity index is 2.61. The summed E-state index contributed by atoms with van der Waals surface area (Å²) < 4.78 is 0. The zero-order chi connectivity index (χ0) is 14.9. The Bertz CT molecular complexity index is 728. The molecular formula is C17H16O3. The van der Waals surface area contributed by atoms with E-state index in [0.717, 1.165) is 11.1 Å². The highest BCUT2D eigenvalue weighted by Gasteiger charge is 2.10. The lowest BCUT2D eigenvalue weighted by molar-refractivity contribution is 0.402. The summed E-state index contributed by atoms with van der Waals surface area (Å²) in [5.74, 6) is -1.08. The molecule has 0 fully saturated rings. The van der Waals surface area contributed by atoms with Crippen LogP contribution in [0.1, 0.15) is 22.3 Å². The molecule has 0 aliphatic carbocycles. The Morgan fingerprint density at radius 3 is 2.25 bits per heavy atom. The number of hydrogen-bond acceptors (Lipinski definition) is 3. The average Bonchev–Trinajstić information content (AvgIpc) is 2.51. The molecule has 0 saturated heterocycles. The summed E-state index contributed by atoms with van der Waals surface area (Å²) in [4.78, 5) is 11.6. The maximum Gasteiger partial charge on any atom is 0.224 e. The lowest BCUT2D eigenvalue weighted by atomic mass is 9.97. The van der Waals surface area contributed by atoms with Gasteiger partial charge in [0.25, 0.3) is 0 Å². The fraction of sp³-hybridized carbons (Fsp3) is 0.118. The van der Waals surface area contributed by atoms with E-state index in [2.05, 4.69) is 6.58 Å². The summed E-state index contributed by atoms with van der Waals surface area (Å²) in [5, 5.41) is 19.2. The summed E-state index contributed by atoms with van der Waals surface area (Å²) >= 11 is 0. The molecule has 3 heteroatoms. The van der Waals surface area contributed by atoms with Crippen molar-refractivity contribution < 1.29 is 10.2 Å². The molecule has 2 aromatic rings. The molecule has 0 aromatic heterocycles. The van der Waals surface area contributed by atoms with Gasteiger partial charge >= 0.3 is 0 Å². The van der Waals surface area contributed by atoms with E-state index in [1.54, 1.807) is 6.92 Å². The minimum absolute atomic E-state index is 0.439. The van der Waals surface area contributed by atoms with Crippen LogP contribution in [0, 0.1) is 13.8 Å². The summed E-state index contributed by atoms with van der Waals surface area (Å²) in [6.07, 6.45) is 0. The third-order valence-corrected chi connectivity index (χ3v) is 3.25. The zero-order valence-corrected chi connectivity index (χ0v) is 11.5. The molecule has 0 saturated carbocycles. The van der Waals surface area contributed by atoms with Gasteiger partial charge in [0.15, 0.2) is 5.75 Å². The normalized spacial score (nSPS) is 10.3. The van der Waals surface area contributed by atoms with Gasteiger partial charge < -0.3 is 10.2 Å². The molecule has 0 heterocycles. The van der Waals surface area contributed by atoms with E-state index in [4.69, 9.17) is 0 Å². The molecule has 0 spiro atoms. The fourth-order valence-electron chi connectivity index (χ4n) is 2.02. The van der Waals surface area contributed by atoms with Crippen LogP contribution in [0.15, 0.2) is 47.8 Å². The van der Waals surface area contributed by atoms with Crippen molar-refractivity contribution in [3.8, 4) is 11.5 Å². The minimum Gasteiger partial charge on any atom is -0.504 e. The first-order valence-electron chi connectivity index (χ1n) is 6.23. The van der Waals surface area contributed by atoms with Gasteiger partial charge in [-0.2, -0.15) is 0 Å². The maximum absolute atomic E-state index is 11.6. The molecule has 0 unspecified atom stereocenters. The largest absolute Gasteiger partial charge is 0.504 e. The zero-order valence-electron chi connectivity index (χ0n) is 11.5. The predicted octanol–water partition coefficient (Wildman–Crippen LogP) is 3.14. The quantitative estimate of drug-likeness (QED) is 0.879. The van der Waals surface area contributed by atoms with Gasteiger partial charge in [0.05, 0.1) is 0 Å². The van der Waals surface area contributed by atoms with E-state index in [-0.39, 0.29) is 0 Å². The maximum atomic E-state index is 11.6. The van der Waals surface area contributed by atoms with Gasteiger partial charge in [0.1, 0.15) is 0 Å². The number of rotatable bonds is 2. The van der Waals surface area contributed by atoms with Crippen LogP contribution < -0.4 is 5.43 Å². The first-order chi connectivity index (χ1) is 9.40. The van der Waals surface area contributed by atoms with E-state index >= 15 is 0 Å². The van der Waals surface area contributed by atoms with Crippen LogP contribution in [0.5, 0.6) is 11.5 Å². The molecule has 2 aromatic carbocycles. The highest BCUT2D eigenvalue weighted by Crippen LogP contribution is 2.29. The van der Waals surface area contributed by atoms with Crippen LogP contribution in [-0.4, -0.2) is 10.2 Å². The first-order valence-corrected chi connectivity index (χ1v) is 6.23. The van der Waals surface area contributed by atoms with Crippen LogP contribution in [0.4, 0.5) is 0 Å². The average molecular weight is 268 g/mol. The van der Waals surface area contributed by atoms with Crippen molar-refractivity contribution in [3.63, 3.8) is 0 Å². The van der Waals surface area contributed by atoms with E-state index in [9.17, 15) is 15.0 Å². The highest BCUT2D eigenvalue weighted by atomic mass is 16.3. The lowest BCUT2D eigenvalue weighted by Gasteiger charge is -2.08. The van der Waals surface area contributed by atoms with Gasteiger partial charge in [-0.05, 0) is 48.2 Å². The van der Waals surface area contributed by atoms with Crippen molar-refractivity contribution in [1.29, 1.82) is 0 Å². The number of hydrogen-bond donors (Lipinski definition) is 2. The van der Waals surface area contributed by atoms with Crippen LogP contribution in [-0.2, 0) is 0 Å². The molecule has 3 nitrogen and oxygen atoms in total. The molecule has 102 valence electrons. The van der Waals surface area contributed by atoms with Gasteiger partial charge in [-0.1, -0.05) is 36.4 Å². The van der Waals surface area contributed by atoms with Crippen LogP contribution >= 0.6 is 0 Å². The summed E-state index contributed by atoms with van der Waals surface area (Å²) in [5.41, 5.74) is 3.39. The molecule has 20 heavy (non-hydrogen) atoms. The summed E-state index contributed by atoms with van der Waals surface area (Å²) in [6.45, 7) is 7.76. The monoisotopic (exact) mass is 268 g/mol. The third kappa shape index (κ3) is 2.57. The van der Waals surface area contributed by atoms with Gasteiger partial charge in [0.2, 0.25) is 11.2 Å². The lowest BCUT2D eigenvalue weighted by Crippen LogP contribution is -1.95. The molecule has 0 aliphatic heterocycles. The number of aryl methyl sites for hydroxylation is 2. The smallest absolute Gasteiger partial charge is 0.224 e. The Morgan fingerprint density at radius 1 is 1.05 bits per heavy atom. The Morgan fingerprint density at radius 2 is 1.65 bits per heavy atom. The molecule has 2 N–H and O–H groups in total. The van der Waals surface area contributed by atoms with E-state index in [1.807, 2.05) is 31.2 Å². The Kier molecular flexibility index (Phi) is 3.61. The first kappa shape index (κ1) is 13.9. The fourth-order valence-corrected chi connectivity index (χ4v) is 2.02. The second kappa shape index (κ2) is 5.21. The van der Waals surface area contributed by atoms with Crippen molar-refractivity contribution in [1.82, 2.24) is 0 Å². The number of aromatic hydroxyl groups is 2. The molecular weight excluding hydrogens is 252 g/mol. The topological polar surface area (TPSA) is 57.5 Å². The van der Waals surface area contributed by atoms with Crippen LogP contribution in [0.3, 0.4) is 0 Å². The second-order valence-electron chi connectivity index (χ2n) is 4.83. The van der Waals surface area contributed by atoms with E-state index < -0.39 is 16.9 Å². The molecule has 0 atom stereocenters. The molecule has 2 rings (SSSR count). The molecule has 0 amide bonds. The third-order valence-electron chi connectivity index (χ3n) is 3.25. The Hall–Kier alpha value is -2.55. The van der Waals surface area contributed by atoms with Crippen LogP contribution in [0.25, 0.3) is 5.57 Å². The van der Waals surface area contributed by atoms with Crippen molar-refractivity contribution >= 4 is 5.57 Å². The van der Waals surface area contributed by atoms with Gasteiger partial charge in [-0.15, -0.1) is 0 Å². The molecule has 0 radical (unpaired) electrons. The van der Waals surface area contributed by atoms with Gasteiger partial charge in [-0.3, -0.25) is 4.79 Å². The van der Waals surface area contributed by atoms with Crippen LogP contribution in [0.2, 0.25) is 0 Å². The second-order valence-corrected chi connectivity index (χ2v) is 4.83. The molecule has 0 bridgehead atoms. The van der Waals surface area contributed by atoms with Crippen molar-refractivity contribution in [3.05, 3.63) is 75.5 Å². The van der Waals surface area contributed by atoms with E-state index in [1.165, 1.54) is 12.1 Å². The van der Waals surface area contributed by atoms with Gasteiger partial charge in [-0.25, -0.2) is 0 Å². The van der Waals surface area contributed by atoms with Crippen molar-refractivity contribution in [2.24, 2.45) is 0 Å². The summed E-state index contributed by atoms with van der Waals surface area (Å²) in [7, 11) is 0. The predicted molar refractivity (Wildman–Crippen MR) is 80.1 cm³/mol. The number of benzene rings is 1. The summed E-state index contributed by atoms with van der Waals surface area (Å²) in [6, 6.07) is 10.5. The van der Waals surface area contributed by atoms with E-state index in [0.29, 0.717) is 16.7 Å².